The zero-order valence-corrected chi connectivity index (χ0v) is 16.2. The molecule has 160 valence electrons. The van der Waals surface area contributed by atoms with Crippen LogP contribution >= 0.6 is 0 Å². The number of aryl methyl sites for hydroxylation is 1. The van der Waals surface area contributed by atoms with Crippen LogP contribution in [0.15, 0.2) is 12.4 Å². The predicted molar refractivity (Wildman–Crippen MR) is 94.9 cm³/mol. The number of hydrogen-bond donors (Lipinski definition) is 1. The van der Waals surface area contributed by atoms with Gasteiger partial charge in [-0.1, -0.05) is 0 Å². The number of hydrogen-bond acceptors (Lipinski definition) is 5. The first-order chi connectivity index (χ1) is 13.2. The van der Waals surface area contributed by atoms with E-state index in [-0.39, 0.29) is 0 Å². The Balaban J connectivity index is 0.000000345. The first-order valence-electron chi connectivity index (χ1n) is 9.33. The molecule has 2 atom stereocenters. The Bertz CT molecular complexity index is 619. The van der Waals surface area contributed by atoms with Crippen LogP contribution in [0, 0.1) is 5.92 Å². The largest absolute Gasteiger partial charge is 0.490 e. The highest BCUT2D eigenvalue weighted by atomic mass is 19.4. The molecule has 0 unspecified atom stereocenters. The van der Waals surface area contributed by atoms with E-state index in [4.69, 9.17) is 19.4 Å². The normalized spacial score (nSPS) is 22.8. The summed E-state index contributed by atoms with van der Waals surface area (Å²) >= 11 is 0. The van der Waals surface area contributed by atoms with Gasteiger partial charge in [0, 0.05) is 39.5 Å². The Hall–Kier alpha value is -1.65. The van der Waals surface area contributed by atoms with Crippen molar-refractivity contribution in [2.24, 2.45) is 13.0 Å². The lowest BCUT2D eigenvalue weighted by Crippen LogP contribution is -2.39. The number of aromatic nitrogens is 2. The summed E-state index contributed by atoms with van der Waals surface area (Å²) in [5.41, 5.74) is 1.31. The lowest BCUT2D eigenvalue weighted by molar-refractivity contribution is -0.192. The minimum Gasteiger partial charge on any atom is -0.475 e. The van der Waals surface area contributed by atoms with E-state index in [1.54, 1.807) is 7.11 Å². The molecule has 1 aliphatic heterocycles. The first kappa shape index (κ1) is 22.6. The maximum absolute atomic E-state index is 10.6. The SMILES string of the molecule is COCCO[C@@H]1CCN(CC2CC2)[C@H]1Cc1cnn(C)c1.O=C(O)C(F)(F)F. The van der Waals surface area contributed by atoms with Gasteiger partial charge in [0.2, 0.25) is 0 Å². The van der Waals surface area contributed by atoms with Crippen LogP contribution in [0.5, 0.6) is 0 Å². The monoisotopic (exact) mass is 407 g/mol. The van der Waals surface area contributed by atoms with Crippen LogP contribution in [-0.4, -0.2) is 77.5 Å². The molecule has 1 saturated carbocycles. The summed E-state index contributed by atoms with van der Waals surface area (Å²) in [6.07, 6.45) is 4.36. The molecule has 7 nitrogen and oxygen atoms in total. The Morgan fingerprint density at radius 2 is 2.00 bits per heavy atom. The van der Waals surface area contributed by atoms with Crippen molar-refractivity contribution in [1.82, 2.24) is 14.7 Å². The highest BCUT2D eigenvalue weighted by molar-refractivity contribution is 5.73. The number of likely N-dealkylation sites (tertiary alicyclic amines) is 1. The smallest absolute Gasteiger partial charge is 0.475 e. The summed E-state index contributed by atoms with van der Waals surface area (Å²) in [6.45, 7) is 3.79. The van der Waals surface area contributed by atoms with Gasteiger partial charge < -0.3 is 14.6 Å². The number of aliphatic carboxylic acids is 1. The number of carbonyl (C=O) groups is 1. The van der Waals surface area contributed by atoms with Crippen molar-refractivity contribution in [3.05, 3.63) is 18.0 Å². The molecule has 0 bridgehead atoms. The van der Waals surface area contributed by atoms with E-state index >= 15 is 0 Å². The van der Waals surface area contributed by atoms with Gasteiger partial charge in [-0.3, -0.25) is 9.58 Å². The van der Waals surface area contributed by atoms with Crippen LogP contribution in [0.3, 0.4) is 0 Å². The minimum absolute atomic E-state index is 0.333. The van der Waals surface area contributed by atoms with Gasteiger partial charge in [0.25, 0.3) is 0 Å². The quantitative estimate of drug-likeness (QED) is 0.666. The molecular formula is C18H28F3N3O4. The number of nitrogens with zero attached hydrogens (tertiary/aromatic N) is 3. The van der Waals surface area contributed by atoms with Gasteiger partial charge >= 0.3 is 12.1 Å². The summed E-state index contributed by atoms with van der Waals surface area (Å²) in [5, 5.41) is 11.4. The van der Waals surface area contributed by atoms with E-state index < -0.39 is 12.1 Å². The second-order valence-electron chi connectivity index (χ2n) is 7.23. The van der Waals surface area contributed by atoms with E-state index in [2.05, 4.69) is 16.2 Å². The van der Waals surface area contributed by atoms with Gasteiger partial charge in [0.05, 0.1) is 25.5 Å². The summed E-state index contributed by atoms with van der Waals surface area (Å²) < 4.78 is 44.8. The third kappa shape index (κ3) is 7.40. The van der Waals surface area contributed by atoms with Crippen LogP contribution in [0.25, 0.3) is 0 Å². The molecule has 1 aromatic heterocycles. The van der Waals surface area contributed by atoms with Crippen molar-refractivity contribution in [3.63, 3.8) is 0 Å². The molecule has 0 radical (unpaired) electrons. The van der Waals surface area contributed by atoms with Crippen molar-refractivity contribution in [1.29, 1.82) is 0 Å². The van der Waals surface area contributed by atoms with Crippen molar-refractivity contribution >= 4 is 5.97 Å². The zero-order chi connectivity index (χ0) is 20.7. The maximum Gasteiger partial charge on any atom is 0.490 e. The van der Waals surface area contributed by atoms with Gasteiger partial charge in [-0.05, 0) is 37.2 Å². The zero-order valence-electron chi connectivity index (χ0n) is 16.2. The molecule has 3 rings (SSSR count). The van der Waals surface area contributed by atoms with Crippen LogP contribution < -0.4 is 0 Å². The fourth-order valence-electron chi connectivity index (χ4n) is 3.30. The molecule has 0 aromatic carbocycles. The Morgan fingerprint density at radius 1 is 1.32 bits per heavy atom. The molecule has 1 aliphatic carbocycles. The molecule has 1 saturated heterocycles. The molecule has 28 heavy (non-hydrogen) atoms. The summed E-state index contributed by atoms with van der Waals surface area (Å²) in [4.78, 5) is 11.5. The fraction of sp³-hybridized carbons (Fsp3) is 0.778. The highest BCUT2D eigenvalue weighted by Crippen LogP contribution is 2.33. The standard InChI is InChI=1S/C16H27N3O2.C2HF3O2/c1-18-11-14(10-17-18)9-15-16(21-8-7-20-2)5-6-19(15)12-13-3-4-13;3-2(4,5)1(6)7/h10-11,13,15-16H,3-9,12H2,1-2H3;(H,6,7)/t15-,16+;/m0./s1. The van der Waals surface area contributed by atoms with Gasteiger partial charge in [-0.2, -0.15) is 18.3 Å². The second kappa shape index (κ2) is 10.2. The summed E-state index contributed by atoms with van der Waals surface area (Å²) in [7, 11) is 3.71. The van der Waals surface area contributed by atoms with Crippen LogP contribution in [0.2, 0.25) is 0 Å². The molecular weight excluding hydrogens is 379 g/mol. The number of carboxylic acid groups (broad SMARTS) is 1. The van der Waals surface area contributed by atoms with Crippen molar-refractivity contribution in [2.75, 3.05) is 33.4 Å². The molecule has 10 heteroatoms. The maximum atomic E-state index is 10.6. The average molecular weight is 407 g/mol. The van der Waals surface area contributed by atoms with E-state index in [0.29, 0.717) is 25.4 Å². The number of halogens is 3. The van der Waals surface area contributed by atoms with E-state index in [0.717, 1.165) is 18.8 Å². The molecule has 0 amide bonds. The van der Waals surface area contributed by atoms with Crippen molar-refractivity contribution in [2.45, 2.75) is 44.0 Å². The molecule has 1 N–H and O–H groups in total. The van der Waals surface area contributed by atoms with Crippen LogP contribution in [0.4, 0.5) is 13.2 Å². The third-order valence-electron chi connectivity index (χ3n) is 4.85. The average Bonchev–Trinajstić information content (AvgIpc) is 3.23. The number of carboxylic acids is 1. The van der Waals surface area contributed by atoms with E-state index in [9.17, 15) is 13.2 Å². The lowest BCUT2D eigenvalue weighted by Gasteiger charge is -2.28. The molecule has 0 spiro atoms. The van der Waals surface area contributed by atoms with Gasteiger partial charge in [-0.25, -0.2) is 4.79 Å². The fourth-order valence-corrected chi connectivity index (χ4v) is 3.30. The van der Waals surface area contributed by atoms with Gasteiger partial charge in [0.15, 0.2) is 0 Å². The van der Waals surface area contributed by atoms with E-state index in [1.807, 2.05) is 17.9 Å². The minimum atomic E-state index is -5.08. The molecule has 2 fully saturated rings. The third-order valence-corrected chi connectivity index (χ3v) is 4.85. The predicted octanol–water partition coefficient (Wildman–Crippen LogP) is 2.11. The molecule has 1 aromatic rings. The number of alkyl halides is 3. The molecule has 2 heterocycles. The topological polar surface area (TPSA) is 76.8 Å². The van der Waals surface area contributed by atoms with Crippen molar-refractivity contribution in [3.8, 4) is 0 Å². The Labute approximate surface area is 162 Å². The van der Waals surface area contributed by atoms with E-state index in [1.165, 1.54) is 31.5 Å². The molecule has 2 aliphatic rings. The number of rotatable bonds is 8. The number of methoxy groups -OCH3 is 1. The summed E-state index contributed by atoms with van der Waals surface area (Å²) in [6, 6.07) is 0.492. The lowest BCUT2D eigenvalue weighted by atomic mass is 10.0. The second-order valence-corrected chi connectivity index (χ2v) is 7.23. The van der Waals surface area contributed by atoms with Crippen LogP contribution in [0.1, 0.15) is 24.8 Å². The Morgan fingerprint density at radius 3 is 2.50 bits per heavy atom. The van der Waals surface area contributed by atoms with Gasteiger partial charge in [0.1, 0.15) is 0 Å². The van der Waals surface area contributed by atoms with Crippen LogP contribution in [-0.2, 0) is 27.7 Å². The van der Waals surface area contributed by atoms with Crippen molar-refractivity contribution < 1.29 is 32.5 Å². The Kier molecular flexibility index (Phi) is 8.26. The first-order valence-corrected chi connectivity index (χ1v) is 9.33. The summed E-state index contributed by atoms with van der Waals surface area (Å²) in [5.74, 6) is -1.83. The van der Waals surface area contributed by atoms with Gasteiger partial charge in [-0.15, -0.1) is 0 Å². The number of ether oxygens (including phenoxy) is 2. The highest BCUT2D eigenvalue weighted by Gasteiger charge is 2.38.